The van der Waals surface area contributed by atoms with Crippen LogP contribution in [0.5, 0.6) is 0 Å². The van der Waals surface area contributed by atoms with Gasteiger partial charge < -0.3 is 0 Å². The first-order chi connectivity index (χ1) is 19.6. The number of nitrogens with zero attached hydrogens (tertiary/aromatic N) is 5. The van der Waals surface area contributed by atoms with Gasteiger partial charge in [0.05, 0.1) is 27.3 Å². The van der Waals surface area contributed by atoms with Gasteiger partial charge in [0.25, 0.3) is 5.69 Å². The summed E-state index contributed by atoms with van der Waals surface area (Å²) in [4.78, 5) is 16.2. The lowest BCUT2D eigenvalue weighted by atomic mass is 9.95. The molecular weight excluding hydrogens is 558 g/mol. The van der Waals surface area contributed by atoms with Gasteiger partial charge in [-0.05, 0) is 43.2 Å². The molecule has 1 aromatic heterocycles. The Morgan fingerprint density at radius 1 is 1.05 bits per heavy atom. The SMILES string of the molecule is CCN(CC)S(=O)(=O)c1ccc(-c2csc(N3N=C(c4cc(C)ccc4C)CC3c3cccc([N+](=O)[O-])c3)n2)cc1. The Labute approximate surface area is 244 Å². The molecule has 11 heteroatoms. The predicted octanol–water partition coefficient (Wildman–Crippen LogP) is 6.72. The molecule has 1 aliphatic rings. The molecule has 1 unspecified atom stereocenters. The molecule has 3 aromatic carbocycles. The maximum absolute atomic E-state index is 12.9. The number of benzene rings is 3. The molecule has 41 heavy (non-hydrogen) atoms. The third-order valence-electron chi connectivity index (χ3n) is 7.26. The number of rotatable bonds is 9. The molecule has 1 aliphatic heterocycles. The number of sulfonamides is 1. The lowest BCUT2D eigenvalue weighted by molar-refractivity contribution is -0.384. The van der Waals surface area contributed by atoms with E-state index in [1.165, 1.54) is 21.7 Å². The van der Waals surface area contributed by atoms with Crippen LogP contribution in [0.4, 0.5) is 10.8 Å². The highest BCUT2D eigenvalue weighted by atomic mass is 32.2. The molecular formula is C30H31N5O4S2. The maximum Gasteiger partial charge on any atom is 0.269 e. The Morgan fingerprint density at radius 3 is 2.46 bits per heavy atom. The smallest absolute Gasteiger partial charge is 0.258 e. The van der Waals surface area contributed by atoms with Gasteiger partial charge >= 0.3 is 0 Å². The first-order valence-electron chi connectivity index (χ1n) is 13.4. The van der Waals surface area contributed by atoms with Gasteiger partial charge in [0.1, 0.15) is 0 Å². The second-order valence-electron chi connectivity index (χ2n) is 9.91. The third kappa shape index (κ3) is 5.65. The van der Waals surface area contributed by atoms with E-state index in [0.29, 0.717) is 30.3 Å². The van der Waals surface area contributed by atoms with E-state index in [1.807, 2.05) is 44.2 Å². The topological polar surface area (TPSA) is 109 Å². The number of non-ortho nitro benzene ring substituents is 1. The zero-order chi connectivity index (χ0) is 29.3. The molecule has 0 radical (unpaired) electrons. The first-order valence-corrected chi connectivity index (χ1v) is 15.7. The Morgan fingerprint density at radius 2 is 1.78 bits per heavy atom. The van der Waals surface area contributed by atoms with Crippen molar-refractivity contribution in [3.8, 4) is 11.3 Å². The van der Waals surface area contributed by atoms with Gasteiger partial charge in [0.15, 0.2) is 0 Å². The molecule has 5 rings (SSSR count). The second kappa shape index (κ2) is 11.5. The number of hydrogen-bond donors (Lipinski definition) is 0. The van der Waals surface area contributed by atoms with Crippen molar-refractivity contribution in [1.82, 2.24) is 9.29 Å². The summed E-state index contributed by atoms with van der Waals surface area (Å²) in [5.41, 5.74) is 6.47. The van der Waals surface area contributed by atoms with Gasteiger partial charge in [0.2, 0.25) is 15.2 Å². The molecule has 0 N–H and O–H groups in total. The van der Waals surface area contributed by atoms with E-state index in [2.05, 4.69) is 18.2 Å². The summed E-state index contributed by atoms with van der Waals surface area (Å²) in [7, 11) is -3.55. The number of aryl methyl sites for hydroxylation is 2. The van der Waals surface area contributed by atoms with E-state index in [4.69, 9.17) is 10.1 Å². The molecule has 0 spiro atoms. The van der Waals surface area contributed by atoms with Crippen molar-refractivity contribution in [2.45, 2.75) is 45.1 Å². The minimum Gasteiger partial charge on any atom is -0.258 e. The maximum atomic E-state index is 12.9. The first kappa shape index (κ1) is 28.6. The summed E-state index contributed by atoms with van der Waals surface area (Å²) in [6, 6.07) is 19.4. The highest BCUT2D eigenvalue weighted by Crippen LogP contribution is 2.40. The molecule has 4 aromatic rings. The number of hydrazone groups is 1. The van der Waals surface area contributed by atoms with Crippen LogP contribution < -0.4 is 5.01 Å². The fourth-order valence-electron chi connectivity index (χ4n) is 5.01. The van der Waals surface area contributed by atoms with E-state index in [9.17, 15) is 18.5 Å². The zero-order valence-corrected chi connectivity index (χ0v) is 24.9. The van der Waals surface area contributed by atoms with Gasteiger partial charge in [0, 0.05) is 48.2 Å². The van der Waals surface area contributed by atoms with Crippen molar-refractivity contribution in [2.75, 3.05) is 18.1 Å². The lowest BCUT2D eigenvalue weighted by Crippen LogP contribution is -2.30. The lowest BCUT2D eigenvalue weighted by Gasteiger charge is -2.21. The summed E-state index contributed by atoms with van der Waals surface area (Å²) in [5, 5.41) is 20.9. The van der Waals surface area contributed by atoms with E-state index in [-0.39, 0.29) is 21.5 Å². The molecule has 0 fully saturated rings. The second-order valence-corrected chi connectivity index (χ2v) is 12.7. The Hall–Kier alpha value is -3.93. The van der Waals surface area contributed by atoms with Crippen molar-refractivity contribution >= 4 is 37.9 Å². The summed E-state index contributed by atoms with van der Waals surface area (Å²) in [6.07, 6.45) is 0.568. The quantitative estimate of drug-likeness (QED) is 0.158. The van der Waals surface area contributed by atoms with Gasteiger partial charge in [-0.25, -0.2) is 18.4 Å². The van der Waals surface area contributed by atoms with Crippen LogP contribution >= 0.6 is 11.3 Å². The number of nitro benzene ring substituents is 1. The Bertz CT molecular complexity index is 1730. The summed E-state index contributed by atoms with van der Waals surface area (Å²) in [5.74, 6) is 0. The molecule has 1 atom stereocenters. The highest BCUT2D eigenvalue weighted by molar-refractivity contribution is 7.89. The van der Waals surface area contributed by atoms with Crippen LogP contribution in [0.1, 0.15) is 48.6 Å². The van der Waals surface area contributed by atoms with Crippen molar-refractivity contribution in [1.29, 1.82) is 0 Å². The van der Waals surface area contributed by atoms with Crippen LogP contribution in [-0.4, -0.2) is 41.4 Å². The molecule has 212 valence electrons. The monoisotopic (exact) mass is 589 g/mol. The Kier molecular flexibility index (Phi) is 8.03. The van der Waals surface area contributed by atoms with E-state index in [1.54, 1.807) is 36.4 Å². The number of nitro groups is 1. The van der Waals surface area contributed by atoms with Crippen molar-refractivity contribution < 1.29 is 13.3 Å². The van der Waals surface area contributed by atoms with Crippen LogP contribution in [0.2, 0.25) is 0 Å². The van der Waals surface area contributed by atoms with Gasteiger partial charge in [-0.2, -0.15) is 9.41 Å². The normalized spacial score (nSPS) is 15.4. The highest BCUT2D eigenvalue weighted by Gasteiger charge is 2.33. The average molecular weight is 590 g/mol. The van der Waals surface area contributed by atoms with Crippen LogP contribution in [0, 0.1) is 24.0 Å². The molecule has 9 nitrogen and oxygen atoms in total. The van der Waals surface area contributed by atoms with Crippen molar-refractivity contribution in [2.24, 2.45) is 5.10 Å². The summed E-state index contributed by atoms with van der Waals surface area (Å²) in [6.45, 7) is 8.54. The van der Waals surface area contributed by atoms with Crippen LogP contribution in [-0.2, 0) is 10.0 Å². The van der Waals surface area contributed by atoms with Crippen molar-refractivity contribution in [3.63, 3.8) is 0 Å². The molecule has 0 bridgehead atoms. The zero-order valence-electron chi connectivity index (χ0n) is 23.3. The molecule has 0 amide bonds. The molecule has 0 saturated carbocycles. The number of thiazole rings is 1. The predicted molar refractivity (Wildman–Crippen MR) is 163 cm³/mol. The molecule has 0 saturated heterocycles. The van der Waals surface area contributed by atoms with Gasteiger partial charge in [-0.15, -0.1) is 11.3 Å². The van der Waals surface area contributed by atoms with E-state index in [0.717, 1.165) is 33.5 Å². The number of aromatic nitrogens is 1. The van der Waals surface area contributed by atoms with Crippen LogP contribution in [0.25, 0.3) is 11.3 Å². The number of anilines is 1. The van der Waals surface area contributed by atoms with Gasteiger partial charge in [-0.1, -0.05) is 55.8 Å². The molecule has 2 heterocycles. The van der Waals surface area contributed by atoms with E-state index < -0.39 is 10.0 Å². The molecule has 0 aliphatic carbocycles. The fourth-order valence-corrected chi connectivity index (χ4v) is 7.30. The van der Waals surface area contributed by atoms with Crippen molar-refractivity contribution in [3.05, 3.63) is 104 Å². The average Bonchev–Trinajstić information content (AvgIpc) is 3.63. The largest absolute Gasteiger partial charge is 0.269 e. The standard InChI is InChI=1S/C30H31N5O4S2/c1-5-33(6-2)41(38,39)25-14-12-22(13-15-25)28-19-40-30(31-28)34-29(23-8-7-9-24(17-23)35(36)37)18-27(32-34)26-16-20(3)10-11-21(26)4/h7-17,19,29H,5-6,18H2,1-4H3. The fraction of sp³-hybridized carbons (Fsp3) is 0.267. The summed E-state index contributed by atoms with van der Waals surface area (Å²) < 4.78 is 27.2. The minimum atomic E-state index is -3.55. The van der Waals surface area contributed by atoms with Crippen LogP contribution in [0.3, 0.4) is 0 Å². The van der Waals surface area contributed by atoms with Crippen LogP contribution in [0.15, 0.2) is 82.1 Å². The van der Waals surface area contributed by atoms with E-state index >= 15 is 0 Å². The van der Waals surface area contributed by atoms with Gasteiger partial charge in [-0.3, -0.25) is 10.1 Å². The number of hydrogen-bond acceptors (Lipinski definition) is 8. The third-order valence-corrected chi connectivity index (χ3v) is 10.2. The minimum absolute atomic E-state index is 0.0298. The Balaban J connectivity index is 1.51. The summed E-state index contributed by atoms with van der Waals surface area (Å²) >= 11 is 1.42.